The Balaban J connectivity index is 1.97. The fraction of sp³-hybridized carbons (Fsp3) is 0.294. The molecule has 1 amide bonds. The molecular formula is C17H18N2O5. The molecule has 24 heavy (non-hydrogen) atoms. The Labute approximate surface area is 139 Å². The number of nitrogens with one attached hydrogen (secondary N) is 1. The molecule has 0 atom stereocenters. The molecule has 0 aliphatic carbocycles. The van der Waals surface area contributed by atoms with E-state index < -0.39 is 23.9 Å². The van der Waals surface area contributed by atoms with Crippen molar-refractivity contribution < 1.29 is 23.9 Å². The number of ether oxygens (including phenoxy) is 2. The van der Waals surface area contributed by atoms with Gasteiger partial charge in [0, 0.05) is 17.5 Å². The fourth-order valence-corrected chi connectivity index (χ4v) is 2.17. The quantitative estimate of drug-likeness (QED) is 0.627. The summed E-state index contributed by atoms with van der Waals surface area (Å²) in [6, 6.07) is 9.98. The average Bonchev–Trinajstić information content (AvgIpc) is 2.62. The molecule has 0 unspecified atom stereocenters. The molecule has 0 aliphatic rings. The summed E-state index contributed by atoms with van der Waals surface area (Å²) in [5, 5.41) is 3.33. The molecule has 0 radical (unpaired) electrons. The van der Waals surface area contributed by atoms with E-state index in [1.54, 1.807) is 0 Å². The SMILES string of the molecule is COC(=O)C(NC(=O)CCc1ccc2ccccc2n1)C(=O)OC. The molecule has 126 valence electrons. The van der Waals surface area contributed by atoms with Gasteiger partial charge in [-0.05, 0) is 18.6 Å². The van der Waals surface area contributed by atoms with Crippen molar-refractivity contribution in [3.8, 4) is 0 Å². The van der Waals surface area contributed by atoms with Crippen LogP contribution in [0.5, 0.6) is 0 Å². The van der Waals surface area contributed by atoms with Crippen LogP contribution in [0.1, 0.15) is 12.1 Å². The van der Waals surface area contributed by atoms with Crippen molar-refractivity contribution in [3.63, 3.8) is 0 Å². The zero-order chi connectivity index (χ0) is 17.5. The molecule has 2 aromatic rings. The van der Waals surface area contributed by atoms with Gasteiger partial charge < -0.3 is 14.8 Å². The van der Waals surface area contributed by atoms with Gasteiger partial charge in [-0.3, -0.25) is 9.78 Å². The summed E-state index contributed by atoms with van der Waals surface area (Å²) >= 11 is 0. The van der Waals surface area contributed by atoms with Crippen molar-refractivity contribution in [1.29, 1.82) is 0 Å². The van der Waals surface area contributed by atoms with Crippen LogP contribution in [0.4, 0.5) is 0 Å². The third-order valence-electron chi connectivity index (χ3n) is 3.44. The van der Waals surface area contributed by atoms with E-state index in [-0.39, 0.29) is 6.42 Å². The third-order valence-corrected chi connectivity index (χ3v) is 3.44. The second-order valence-electron chi connectivity index (χ2n) is 5.04. The number of aryl methyl sites for hydroxylation is 1. The number of fused-ring (bicyclic) bond motifs is 1. The Kier molecular flexibility index (Phi) is 5.83. The number of amides is 1. The van der Waals surface area contributed by atoms with Gasteiger partial charge in [0.2, 0.25) is 11.9 Å². The molecule has 7 heteroatoms. The first kappa shape index (κ1) is 17.4. The van der Waals surface area contributed by atoms with Crippen LogP contribution < -0.4 is 5.32 Å². The zero-order valence-electron chi connectivity index (χ0n) is 13.4. The third kappa shape index (κ3) is 4.28. The van der Waals surface area contributed by atoms with E-state index in [1.807, 2.05) is 36.4 Å². The van der Waals surface area contributed by atoms with Gasteiger partial charge in [-0.1, -0.05) is 24.3 Å². The number of carbonyl (C=O) groups is 3. The Bertz CT molecular complexity index is 743. The Morgan fingerprint density at radius 2 is 1.71 bits per heavy atom. The van der Waals surface area contributed by atoms with Crippen LogP contribution in [-0.2, 0) is 30.3 Å². The smallest absolute Gasteiger partial charge is 0.340 e. The number of rotatable bonds is 6. The first-order valence-electron chi connectivity index (χ1n) is 7.35. The highest BCUT2D eigenvalue weighted by Gasteiger charge is 2.30. The van der Waals surface area contributed by atoms with Gasteiger partial charge in [0.05, 0.1) is 19.7 Å². The standard InChI is InChI=1S/C17H18N2O5/c1-23-16(21)15(17(22)24-2)19-14(20)10-9-12-8-7-11-5-3-4-6-13(11)18-12/h3-8,15H,9-10H2,1-2H3,(H,19,20). The summed E-state index contributed by atoms with van der Waals surface area (Å²) in [5.74, 6) is -2.22. The second-order valence-corrected chi connectivity index (χ2v) is 5.04. The van der Waals surface area contributed by atoms with Crippen LogP contribution in [0.25, 0.3) is 10.9 Å². The summed E-state index contributed by atoms with van der Waals surface area (Å²) in [6.07, 6.45) is 0.460. The summed E-state index contributed by atoms with van der Waals surface area (Å²) in [7, 11) is 2.26. The van der Waals surface area contributed by atoms with Gasteiger partial charge in [0.1, 0.15) is 0 Å². The Hall–Kier alpha value is -2.96. The lowest BCUT2D eigenvalue weighted by atomic mass is 10.1. The maximum Gasteiger partial charge on any atom is 0.340 e. The minimum Gasteiger partial charge on any atom is -0.467 e. The van der Waals surface area contributed by atoms with E-state index in [2.05, 4.69) is 19.8 Å². The Morgan fingerprint density at radius 1 is 1.04 bits per heavy atom. The number of hydrogen-bond acceptors (Lipinski definition) is 6. The molecule has 1 N–H and O–H groups in total. The van der Waals surface area contributed by atoms with E-state index >= 15 is 0 Å². The molecule has 0 aliphatic heterocycles. The highest BCUT2D eigenvalue weighted by atomic mass is 16.5. The van der Waals surface area contributed by atoms with Gasteiger partial charge in [0.25, 0.3) is 0 Å². The lowest BCUT2D eigenvalue weighted by Crippen LogP contribution is -2.47. The van der Waals surface area contributed by atoms with Gasteiger partial charge >= 0.3 is 11.9 Å². The van der Waals surface area contributed by atoms with Crippen molar-refractivity contribution in [2.24, 2.45) is 0 Å². The summed E-state index contributed by atoms with van der Waals surface area (Å²) in [4.78, 5) is 39.5. The minimum absolute atomic E-state index is 0.0792. The molecule has 0 saturated carbocycles. The molecule has 0 bridgehead atoms. The lowest BCUT2D eigenvalue weighted by molar-refractivity contribution is -0.157. The molecule has 1 aromatic carbocycles. The molecule has 2 rings (SSSR count). The normalized spacial score (nSPS) is 10.5. The number of nitrogens with zero attached hydrogens (tertiary/aromatic N) is 1. The van der Waals surface area contributed by atoms with E-state index in [0.29, 0.717) is 6.42 Å². The number of pyridine rings is 1. The predicted octanol–water partition coefficient (Wildman–Crippen LogP) is 0.998. The van der Waals surface area contributed by atoms with Crippen LogP contribution in [0.2, 0.25) is 0 Å². The van der Waals surface area contributed by atoms with Crippen LogP contribution in [-0.4, -0.2) is 43.1 Å². The molecule has 7 nitrogen and oxygen atoms in total. The minimum atomic E-state index is -1.46. The monoisotopic (exact) mass is 330 g/mol. The van der Waals surface area contributed by atoms with Gasteiger partial charge in [0.15, 0.2) is 0 Å². The topological polar surface area (TPSA) is 94.6 Å². The van der Waals surface area contributed by atoms with E-state index in [1.165, 1.54) is 0 Å². The number of carbonyl (C=O) groups excluding carboxylic acids is 3. The maximum absolute atomic E-state index is 12.0. The lowest BCUT2D eigenvalue weighted by Gasteiger charge is -2.14. The van der Waals surface area contributed by atoms with E-state index in [0.717, 1.165) is 30.8 Å². The molecule has 0 spiro atoms. The van der Waals surface area contributed by atoms with Crippen molar-refractivity contribution in [1.82, 2.24) is 10.3 Å². The van der Waals surface area contributed by atoms with E-state index in [4.69, 9.17) is 0 Å². The summed E-state index contributed by atoms with van der Waals surface area (Å²) in [5.41, 5.74) is 1.59. The van der Waals surface area contributed by atoms with Crippen LogP contribution in [0.3, 0.4) is 0 Å². The first-order chi connectivity index (χ1) is 11.5. The fourth-order valence-electron chi connectivity index (χ4n) is 2.17. The van der Waals surface area contributed by atoms with Gasteiger partial charge in [-0.15, -0.1) is 0 Å². The van der Waals surface area contributed by atoms with Crippen LogP contribution >= 0.6 is 0 Å². The molecule has 0 fully saturated rings. The number of benzene rings is 1. The van der Waals surface area contributed by atoms with E-state index in [9.17, 15) is 14.4 Å². The number of para-hydroxylation sites is 1. The second kappa shape index (κ2) is 8.05. The number of methoxy groups -OCH3 is 2. The number of aromatic nitrogens is 1. The average molecular weight is 330 g/mol. The molecule has 0 saturated heterocycles. The van der Waals surface area contributed by atoms with Crippen molar-refractivity contribution in [2.45, 2.75) is 18.9 Å². The highest BCUT2D eigenvalue weighted by Crippen LogP contribution is 2.12. The number of hydrogen-bond donors (Lipinski definition) is 1. The van der Waals surface area contributed by atoms with Gasteiger partial charge in [-0.2, -0.15) is 0 Å². The zero-order valence-corrected chi connectivity index (χ0v) is 13.4. The summed E-state index contributed by atoms with van der Waals surface area (Å²) < 4.78 is 8.96. The predicted molar refractivity (Wildman–Crippen MR) is 86.0 cm³/mol. The Morgan fingerprint density at radius 3 is 2.38 bits per heavy atom. The molecule has 1 aromatic heterocycles. The van der Waals surface area contributed by atoms with Crippen molar-refractivity contribution >= 4 is 28.7 Å². The number of esters is 2. The van der Waals surface area contributed by atoms with Crippen LogP contribution in [0, 0.1) is 0 Å². The van der Waals surface area contributed by atoms with Gasteiger partial charge in [-0.25, -0.2) is 9.59 Å². The maximum atomic E-state index is 12.0. The molecule has 1 heterocycles. The molecular weight excluding hydrogens is 312 g/mol. The first-order valence-corrected chi connectivity index (χ1v) is 7.35. The van der Waals surface area contributed by atoms with Crippen LogP contribution in [0.15, 0.2) is 36.4 Å². The van der Waals surface area contributed by atoms with Crippen molar-refractivity contribution in [2.75, 3.05) is 14.2 Å². The van der Waals surface area contributed by atoms with Crippen molar-refractivity contribution in [3.05, 3.63) is 42.1 Å². The summed E-state index contributed by atoms with van der Waals surface area (Å²) in [6.45, 7) is 0. The largest absolute Gasteiger partial charge is 0.467 e. The highest BCUT2D eigenvalue weighted by molar-refractivity contribution is 6.02.